The molecular weight excluding hydrogens is 334 g/mol. The monoisotopic (exact) mass is 353 g/mol. The highest BCUT2D eigenvalue weighted by atomic mass is 16.7. The molecule has 0 spiro atoms. The van der Waals surface area contributed by atoms with Gasteiger partial charge in [0.1, 0.15) is 6.54 Å². The van der Waals surface area contributed by atoms with Crippen molar-refractivity contribution in [3.8, 4) is 11.5 Å². The molecule has 2 aromatic carbocycles. The van der Waals surface area contributed by atoms with Crippen LogP contribution in [0.4, 0.5) is 5.69 Å². The topological polar surface area (TPSA) is 74.5 Å². The Morgan fingerprint density at radius 2 is 1.81 bits per heavy atom. The molecule has 134 valence electrons. The van der Waals surface area contributed by atoms with E-state index in [1.807, 2.05) is 31.2 Å². The fourth-order valence-corrected chi connectivity index (χ4v) is 3.18. The highest BCUT2D eigenvalue weighted by Gasteiger charge is 2.17. The maximum Gasteiger partial charge on any atom is 0.329 e. The number of hydrogen-bond donors (Lipinski definition) is 1. The van der Waals surface area contributed by atoms with Crippen LogP contribution in [0.2, 0.25) is 0 Å². The molecule has 4 rings (SSSR count). The van der Waals surface area contributed by atoms with Gasteiger partial charge in [0.25, 0.3) is 0 Å². The van der Waals surface area contributed by atoms with Crippen molar-refractivity contribution in [1.29, 1.82) is 0 Å². The van der Waals surface area contributed by atoms with Crippen LogP contribution in [-0.2, 0) is 17.9 Å². The average molecular weight is 353 g/mol. The number of aromatic nitrogens is 2. The van der Waals surface area contributed by atoms with Gasteiger partial charge in [0.15, 0.2) is 11.5 Å². The third-order valence-electron chi connectivity index (χ3n) is 4.33. The van der Waals surface area contributed by atoms with E-state index >= 15 is 0 Å². The third kappa shape index (κ3) is 2.81. The van der Waals surface area contributed by atoms with Gasteiger partial charge in [-0.1, -0.05) is 19.1 Å². The molecule has 3 aromatic rings. The summed E-state index contributed by atoms with van der Waals surface area (Å²) in [5.74, 6) is 0.978. The van der Waals surface area contributed by atoms with E-state index in [9.17, 15) is 9.59 Å². The summed E-state index contributed by atoms with van der Waals surface area (Å²) >= 11 is 0. The Morgan fingerprint density at radius 1 is 1.08 bits per heavy atom. The summed E-state index contributed by atoms with van der Waals surface area (Å²) in [6.07, 6.45) is 0.845. The smallest absolute Gasteiger partial charge is 0.329 e. The highest BCUT2D eigenvalue weighted by Crippen LogP contribution is 2.34. The Labute approximate surface area is 149 Å². The van der Waals surface area contributed by atoms with Gasteiger partial charge in [-0.15, -0.1) is 0 Å². The van der Waals surface area contributed by atoms with Crippen LogP contribution in [0.15, 0.2) is 47.3 Å². The second kappa shape index (κ2) is 6.59. The molecule has 0 atom stereocenters. The third-order valence-corrected chi connectivity index (χ3v) is 4.33. The first-order chi connectivity index (χ1) is 12.7. The van der Waals surface area contributed by atoms with Gasteiger partial charge in [0.05, 0.1) is 11.0 Å². The number of para-hydroxylation sites is 2. The number of carbonyl (C=O) groups is 1. The van der Waals surface area contributed by atoms with Gasteiger partial charge < -0.3 is 14.8 Å². The SMILES string of the molecule is CCCn1c(=O)n(CC(=O)Nc2ccc3c(c2)OCO3)c2ccccc21. The van der Waals surface area contributed by atoms with Gasteiger partial charge in [-0.25, -0.2) is 4.79 Å². The van der Waals surface area contributed by atoms with Gasteiger partial charge in [0, 0.05) is 18.3 Å². The largest absolute Gasteiger partial charge is 0.454 e. The van der Waals surface area contributed by atoms with Gasteiger partial charge in [-0.2, -0.15) is 0 Å². The number of fused-ring (bicyclic) bond motifs is 2. The zero-order valence-electron chi connectivity index (χ0n) is 14.4. The minimum Gasteiger partial charge on any atom is -0.454 e. The minimum absolute atomic E-state index is 0.0511. The molecule has 0 aliphatic carbocycles. The standard InChI is InChI=1S/C19H19N3O4/c1-2-9-21-14-5-3-4-6-15(14)22(19(21)24)11-18(23)20-13-7-8-16-17(10-13)26-12-25-16/h3-8,10H,2,9,11-12H2,1H3,(H,20,23). The lowest BCUT2D eigenvalue weighted by Gasteiger charge is -2.07. The normalized spacial score (nSPS) is 12.5. The van der Waals surface area contributed by atoms with Crippen molar-refractivity contribution in [1.82, 2.24) is 9.13 Å². The number of aryl methyl sites for hydroxylation is 1. The Hall–Kier alpha value is -3.22. The molecule has 0 saturated carbocycles. The van der Waals surface area contributed by atoms with Crippen molar-refractivity contribution < 1.29 is 14.3 Å². The average Bonchev–Trinajstić information content (AvgIpc) is 3.20. The molecule has 7 heteroatoms. The van der Waals surface area contributed by atoms with Crippen LogP contribution in [0.5, 0.6) is 11.5 Å². The van der Waals surface area contributed by atoms with E-state index in [0.717, 1.165) is 17.5 Å². The maximum absolute atomic E-state index is 12.7. The fourth-order valence-electron chi connectivity index (χ4n) is 3.18. The van der Waals surface area contributed by atoms with E-state index in [4.69, 9.17) is 9.47 Å². The Bertz CT molecular complexity index is 1030. The number of ether oxygens (including phenoxy) is 2. The zero-order chi connectivity index (χ0) is 18.1. The molecule has 26 heavy (non-hydrogen) atoms. The molecule has 0 fully saturated rings. The summed E-state index contributed by atoms with van der Waals surface area (Å²) in [7, 11) is 0. The van der Waals surface area contributed by atoms with Crippen LogP contribution in [0.3, 0.4) is 0 Å². The number of hydrogen-bond acceptors (Lipinski definition) is 4. The zero-order valence-corrected chi connectivity index (χ0v) is 14.4. The molecule has 1 N–H and O–H groups in total. The Kier molecular flexibility index (Phi) is 4.12. The van der Waals surface area contributed by atoms with E-state index in [-0.39, 0.29) is 24.9 Å². The van der Waals surface area contributed by atoms with Gasteiger partial charge in [0.2, 0.25) is 12.7 Å². The van der Waals surface area contributed by atoms with Crippen LogP contribution in [0, 0.1) is 0 Å². The van der Waals surface area contributed by atoms with Crippen molar-refractivity contribution in [2.75, 3.05) is 12.1 Å². The Balaban J connectivity index is 1.60. The number of anilines is 1. The first-order valence-corrected chi connectivity index (χ1v) is 8.55. The van der Waals surface area contributed by atoms with Gasteiger partial charge in [-0.05, 0) is 30.7 Å². The molecule has 2 heterocycles. The van der Waals surface area contributed by atoms with E-state index in [1.165, 1.54) is 4.57 Å². The summed E-state index contributed by atoms with van der Waals surface area (Å²) in [4.78, 5) is 25.2. The van der Waals surface area contributed by atoms with Gasteiger partial charge >= 0.3 is 5.69 Å². The summed E-state index contributed by atoms with van der Waals surface area (Å²) in [5, 5.41) is 2.81. The fraction of sp³-hybridized carbons (Fsp3) is 0.263. The number of rotatable bonds is 5. The summed E-state index contributed by atoms with van der Waals surface area (Å²) in [5.41, 5.74) is 2.03. The first kappa shape index (κ1) is 16.3. The molecule has 0 unspecified atom stereocenters. The molecule has 0 bridgehead atoms. The highest BCUT2D eigenvalue weighted by molar-refractivity contribution is 5.92. The Morgan fingerprint density at radius 3 is 2.58 bits per heavy atom. The molecule has 0 saturated heterocycles. The predicted molar refractivity (Wildman–Crippen MR) is 97.7 cm³/mol. The number of nitrogens with one attached hydrogen (secondary N) is 1. The quantitative estimate of drug-likeness (QED) is 0.765. The summed E-state index contributed by atoms with van der Waals surface area (Å²) in [6, 6.07) is 12.7. The molecule has 1 aromatic heterocycles. The molecular formula is C19H19N3O4. The number of benzene rings is 2. The van der Waals surface area contributed by atoms with Gasteiger partial charge in [-0.3, -0.25) is 13.9 Å². The lowest BCUT2D eigenvalue weighted by molar-refractivity contribution is -0.116. The number of amides is 1. The molecule has 1 aliphatic rings. The van der Waals surface area contributed by atoms with Crippen molar-refractivity contribution in [2.45, 2.75) is 26.4 Å². The summed E-state index contributed by atoms with van der Waals surface area (Å²) in [6.45, 7) is 2.77. The van der Waals surface area contributed by atoms with Crippen molar-refractivity contribution >= 4 is 22.6 Å². The van der Waals surface area contributed by atoms with Crippen molar-refractivity contribution in [3.63, 3.8) is 0 Å². The summed E-state index contributed by atoms with van der Waals surface area (Å²) < 4.78 is 13.8. The van der Waals surface area contributed by atoms with Crippen LogP contribution < -0.4 is 20.5 Å². The second-order valence-corrected chi connectivity index (χ2v) is 6.13. The van der Waals surface area contributed by atoms with E-state index in [1.54, 1.807) is 22.8 Å². The van der Waals surface area contributed by atoms with Crippen LogP contribution in [0.1, 0.15) is 13.3 Å². The molecule has 0 radical (unpaired) electrons. The van der Waals surface area contributed by atoms with Crippen molar-refractivity contribution in [2.24, 2.45) is 0 Å². The number of nitrogens with zero attached hydrogens (tertiary/aromatic N) is 2. The molecule has 7 nitrogen and oxygen atoms in total. The predicted octanol–water partition coefficient (Wildman–Crippen LogP) is 2.58. The number of imidazole rings is 1. The first-order valence-electron chi connectivity index (χ1n) is 8.55. The van der Waals surface area contributed by atoms with E-state index in [0.29, 0.717) is 23.7 Å². The molecule has 1 amide bonds. The molecule has 1 aliphatic heterocycles. The van der Waals surface area contributed by atoms with E-state index in [2.05, 4.69) is 5.32 Å². The number of carbonyl (C=O) groups excluding carboxylic acids is 1. The van der Waals surface area contributed by atoms with E-state index < -0.39 is 0 Å². The van der Waals surface area contributed by atoms with Crippen LogP contribution in [-0.4, -0.2) is 21.8 Å². The lowest BCUT2D eigenvalue weighted by atomic mass is 10.2. The van der Waals surface area contributed by atoms with Crippen LogP contribution in [0.25, 0.3) is 11.0 Å². The lowest BCUT2D eigenvalue weighted by Crippen LogP contribution is -2.29. The minimum atomic E-state index is -0.273. The maximum atomic E-state index is 12.7. The van der Waals surface area contributed by atoms with Crippen molar-refractivity contribution in [3.05, 3.63) is 52.9 Å². The van der Waals surface area contributed by atoms with Crippen LogP contribution >= 0.6 is 0 Å². The second-order valence-electron chi connectivity index (χ2n) is 6.13.